The molecule has 0 radical (unpaired) electrons. The molecule has 1 saturated carbocycles. The summed E-state index contributed by atoms with van der Waals surface area (Å²) < 4.78 is 5.73. The maximum atomic E-state index is 10.4. The number of benzene rings is 1. The fourth-order valence-electron chi connectivity index (χ4n) is 4.94. The molecule has 0 aromatic heterocycles. The fraction of sp³-hybridized carbons (Fsp3) is 0.700. The van der Waals surface area contributed by atoms with Crippen LogP contribution in [0.25, 0.3) is 0 Å². The molecule has 1 aromatic rings. The van der Waals surface area contributed by atoms with Crippen molar-refractivity contribution in [2.45, 2.75) is 59.1 Å². The second kappa shape index (κ2) is 6.10. The van der Waals surface area contributed by atoms with E-state index in [4.69, 9.17) is 4.74 Å². The zero-order chi connectivity index (χ0) is 16.7. The summed E-state index contributed by atoms with van der Waals surface area (Å²) in [7, 11) is 0. The van der Waals surface area contributed by atoms with E-state index in [1.165, 1.54) is 24.8 Å². The van der Waals surface area contributed by atoms with E-state index in [9.17, 15) is 5.11 Å². The standard InChI is InChI=1S/C20H31NO2/c1-15-5-7-18(8-6-15)23-12-17(22)11-21-14-20(4)10-16(21)9-19(2,3)13-20/h5-8,16-17,22H,9-14H2,1-4H3/t16-,17+,20-/m1/s1. The Labute approximate surface area is 140 Å². The van der Waals surface area contributed by atoms with Crippen molar-refractivity contribution < 1.29 is 9.84 Å². The van der Waals surface area contributed by atoms with Crippen molar-refractivity contribution in [2.75, 3.05) is 19.7 Å². The van der Waals surface area contributed by atoms with E-state index in [2.05, 4.69) is 32.6 Å². The second-order valence-electron chi connectivity index (χ2n) is 8.92. The predicted octanol–water partition coefficient (Wildman–Crippen LogP) is 3.64. The van der Waals surface area contributed by atoms with Gasteiger partial charge in [0.2, 0.25) is 0 Å². The van der Waals surface area contributed by atoms with Crippen LogP contribution in [0.4, 0.5) is 0 Å². The molecule has 1 N–H and O–H groups in total. The highest BCUT2D eigenvalue weighted by atomic mass is 16.5. The highest BCUT2D eigenvalue weighted by molar-refractivity contribution is 5.26. The Bertz CT molecular complexity index is 539. The van der Waals surface area contributed by atoms with Crippen LogP contribution in [-0.2, 0) is 0 Å². The molecule has 0 spiro atoms. The number of aliphatic hydroxyl groups excluding tert-OH is 1. The molecule has 1 saturated heterocycles. The average Bonchev–Trinajstić information content (AvgIpc) is 2.67. The Balaban J connectivity index is 1.52. The molecule has 0 amide bonds. The summed E-state index contributed by atoms with van der Waals surface area (Å²) in [5, 5.41) is 10.4. The summed E-state index contributed by atoms with van der Waals surface area (Å²) in [6.07, 6.45) is 3.39. The first-order chi connectivity index (χ1) is 10.7. The minimum absolute atomic E-state index is 0.367. The van der Waals surface area contributed by atoms with E-state index in [-0.39, 0.29) is 0 Å². The summed E-state index contributed by atoms with van der Waals surface area (Å²) >= 11 is 0. The van der Waals surface area contributed by atoms with Crippen molar-refractivity contribution in [3.63, 3.8) is 0 Å². The molecule has 2 fully saturated rings. The van der Waals surface area contributed by atoms with E-state index in [0.29, 0.717) is 23.5 Å². The van der Waals surface area contributed by atoms with Gasteiger partial charge in [-0.3, -0.25) is 4.90 Å². The Morgan fingerprint density at radius 2 is 1.91 bits per heavy atom. The van der Waals surface area contributed by atoms with Crippen LogP contribution in [0.15, 0.2) is 24.3 Å². The van der Waals surface area contributed by atoms with Crippen LogP contribution in [0, 0.1) is 17.8 Å². The SMILES string of the molecule is Cc1ccc(OC[C@@H](O)CN2C[C@]3(C)C[C@H]2CC(C)(C)C3)cc1. The molecule has 1 aliphatic carbocycles. The van der Waals surface area contributed by atoms with E-state index in [1.54, 1.807) is 0 Å². The number of aryl methyl sites for hydroxylation is 1. The van der Waals surface area contributed by atoms with E-state index in [1.807, 2.05) is 24.3 Å². The summed E-state index contributed by atoms with van der Waals surface area (Å²) in [5.41, 5.74) is 2.07. The lowest BCUT2D eigenvalue weighted by Crippen LogP contribution is -2.39. The number of fused-ring (bicyclic) bond motifs is 2. The number of ether oxygens (including phenoxy) is 1. The lowest BCUT2D eigenvalue weighted by molar-refractivity contribution is 0.0585. The Morgan fingerprint density at radius 3 is 2.61 bits per heavy atom. The van der Waals surface area contributed by atoms with E-state index in [0.717, 1.165) is 18.8 Å². The van der Waals surface area contributed by atoms with Gasteiger partial charge in [-0.25, -0.2) is 0 Å². The first-order valence-electron chi connectivity index (χ1n) is 8.86. The Hall–Kier alpha value is -1.06. The number of β-amino-alcohol motifs (C(OH)–C–C–N with tert-alkyl or cyclic N) is 1. The minimum atomic E-state index is -0.428. The molecule has 3 atom stereocenters. The van der Waals surface area contributed by atoms with Crippen LogP contribution in [0.3, 0.4) is 0 Å². The maximum absolute atomic E-state index is 10.4. The van der Waals surface area contributed by atoms with Gasteiger partial charge in [0, 0.05) is 19.1 Å². The third kappa shape index (κ3) is 4.07. The quantitative estimate of drug-likeness (QED) is 0.900. The van der Waals surface area contributed by atoms with Gasteiger partial charge in [-0.2, -0.15) is 0 Å². The van der Waals surface area contributed by atoms with Gasteiger partial charge in [-0.05, 0) is 49.1 Å². The zero-order valence-corrected chi connectivity index (χ0v) is 15.0. The monoisotopic (exact) mass is 317 g/mol. The second-order valence-corrected chi connectivity index (χ2v) is 8.92. The van der Waals surface area contributed by atoms with Gasteiger partial charge >= 0.3 is 0 Å². The number of hydrogen-bond acceptors (Lipinski definition) is 3. The molecular weight excluding hydrogens is 286 g/mol. The summed E-state index contributed by atoms with van der Waals surface area (Å²) in [4.78, 5) is 2.50. The van der Waals surface area contributed by atoms with Crippen molar-refractivity contribution in [3.05, 3.63) is 29.8 Å². The summed E-state index contributed by atoms with van der Waals surface area (Å²) in [5.74, 6) is 0.836. The molecule has 1 aromatic carbocycles. The molecule has 3 nitrogen and oxygen atoms in total. The average molecular weight is 317 g/mol. The molecule has 128 valence electrons. The summed E-state index contributed by atoms with van der Waals surface area (Å²) in [6.45, 7) is 11.5. The third-order valence-corrected chi connectivity index (χ3v) is 5.43. The van der Waals surface area contributed by atoms with Crippen molar-refractivity contribution in [1.29, 1.82) is 0 Å². The van der Waals surface area contributed by atoms with Gasteiger partial charge in [0.05, 0.1) is 0 Å². The van der Waals surface area contributed by atoms with Crippen LogP contribution in [0.5, 0.6) is 5.75 Å². The number of rotatable bonds is 5. The molecule has 2 bridgehead atoms. The van der Waals surface area contributed by atoms with Crippen molar-refractivity contribution in [2.24, 2.45) is 10.8 Å². The molecule has 23 heavy (non-hydrogen) atoms. The lowest BCUT2D eigenvalue weighted by Gasteiger charge is -2.40. The van der Waals surface area contributed by atoms with Crippen molar-refractivity contribution in [3.8, 4) is 5.75 Å². The first-order valence-corrected chi connectivity index (χ1v) is 8.86. The normalized spacial score (nSPS) is 31.1. The van der Waals surface area contributed by atoms with Gasteiger partial charge in [-0.15, -0.1) is 0 Å². The minimum Gasteiger partial charge on any atom is -0.491 e. The summed E-state index contributed by atoms with van der Waals surface area (Å²) in [6, 6.07) is 8.63. The highest BCUT2D eigenvalue weighted by Crippen LogP contribution is 2.52. The molecule has 3 heteroatoms. The molecule has 1 heterocycles. The predicted molar refractivity (Wildman–Crippen MR) is 93.8 cm³/mol. The van der Waals surface area contributed by atoms with Crippen LogP contribution in [-0.4, -0.2) is 41.8 Å². The first kappa shape index (κ1) is 16.8. The zero-order valence-electron chi connectivity index (χ0n) is 15.0. The van der Waals surface area contributed by atoms with Crippen LogP contribution >= 0.6 is 0 Å². The van der Waals surface area contributed by atoms with E-state index >= 15 is 0 Å². The van der Waals surface area contributed by atoms with Crippen molar-refractivity contribution >= 4 is 0 Å². The number of hydrogen-bond donors (Lipinski definition) is 1. The van der Waals surface area contributed by atoms with Crippen LogP contribution in [0.2, 0.25) is 0 Å². The highest BCUT2D eigenvalue weighted by Gasteiger charge is 2.49. The van der Waals surface area contributed by atoms with Crippen LogP contribution in [0.1, 0.15) is 45.6 Å². The van der Waals surface area contributed by atoms with Gasteiger partial charge in [0.15, 0.2) is 0 Å². The topological polar surface area (TPSA) is 32.7 Å². The number of aliphatic hydroxyl groups is 1. The molecule has 3 rings (SSSR count). The van der Waals surface area contributed by atoms with Gasteiger partial charge in [0.1, 0.15) is 18.5 Å². The molecule has 2 aliphatic rings. The van der Waals surface area contributed by atoms with Gasteiger partial charge in [-0.1, -0.05) is 38.5 Å². The fourth-order valence-corrected chi connectivity index (χ4v) is 4.94. The van der Waals surface area contributed by atoms with Gasteiger partial charge < -0.3 is 9.84 Å². The van der Waals surface area contributed by atoms with E-state index < -0.39 is 6.10 Å². The smallest absolute Gasteiger partial charge is 0.119 e. The molecular formula is C20H31NO2. The lowest BCUT2D eigenvalue weighted by atomic mass is 9.65. The number of likely N-dealkylation sites (tertiary alicyclic amines) is 1. The Morgan fingerprint density at radius 1 is 1.22 bits per heavy atom. The van der Waals surface area contributed by atoms with Gasteiger partial charge in [0.25, 0.3) is 0 Å². The Kier molecular flexibility index (Phi) is 4.45. The van der Waals surface area contributed by atoms with Crippen molar-refractivity contribution in [1.82, 2.24) is 4.90 Å². The largest absolute Gasteiger partial charge is 0.491 e. The van der Waals surface area contributed by atoms with Crippen LogP contribution < -0.4 is 4.74 Å². The molecule has 0 unspecified atom stereocenters. The molecule has 1 aliphatic heterocycles. The number of nitrogens with zero attached hydrogens (tertiary/aromatic N) is 1. The maximum Gasteiger partial charge on any atom is 0.119 e. The third-order valence-electron chi connectivity index (χ3n) is 5.43.